The maximum Gasteiger partial charge on any atom is 0.122 e. The molecule has 2 aromatic carbocycles. The molecule has 2 nitrogen and oxygen atoms in total. The SMILES string of the molecule is CCCCCCCCc1cc(C)cc(Cc2cc(C)cc(CCCCCCCC)c2O)c1O. The summed E-state index contributed by atoms with van der Waals surface area (Å²) in [6.45, 7) is 8.70. The van der Waals surface area contributed by atoms with Gasteiger partial charge in [0.2, 0.25) is 0 Å². The molecule has 0 aliphatic rings. The van der Waals surface area contributed by atoms with E-state index in [1.165, 1.54) is 75.3 Å². The van der Waals surface area contributed by atoms with Crippen molar-refractivity contribution in [2.45, 2.75) is 124 Å². The van der Waals surface area contributed by atoms with Gasteiger partial charge in [0.25, 0.3) is 0 Å². The third kappa shape index (κ3) is 9.43. The molecular weight excluding hydrogens is 404 g/mol. The zero-order valence-electron chi connectivity index (χ0n) is 21.8. The summed E-state index contributed by atoms with van der Waals surface area (Å²) in [4.78, 5) is 0. The fraction of sp³-hybridized carbons (Fsp3) is 0.613. The molecule has 0 aliphatic carbocycles. The molecule has 0 fully saturated rings. The number of aryl methyl sites for hydroxylation is 4. The summed E-state index contributed by atoms with van der Waals surface area (Å²) in [5.74, 6) is 0.847. The zero-order chi connectivity index (χ0) is 24.1. The molecule has 2 heteroatoms. The van der Waals surface area contributed by atoms with Gasteiger partial charge in [-0.15, -0.1) is 0 Å². The number of rotatable bonds is 16. The highest BCUT2D eigenvalue weighted by atomic mass is 16.3. The van der Waals surface area contributed by atoms with Gasteiger partial charge < -0.3 is 10.2 Å². The van der Waals surface area contributed by atoms with Crippen LogP contribution in [0.5, 0.6) is 11.5 Å². The van der Waals surface area contributed by atoms with Crippen molar-refractivity contribution in [1.29, 1.82) is 0 Å². The van der Waals surface area contributed by atoms with Crippen molar-refractivity contribution in [1.82, 2.24) is 0 Å². The predicted octanol–water partition coefficient (Wildman–Crippen LogP) is 9.11. The van der Waals surface area contributed by atoms with Gasteiger partial charge >= 0.3 is 0 Å². The van der Waals surface area contributed by atoms with E-state index in [0.717, 1.165) is 47.9 Å². The van der Waals surface area contributed by atoms with Gasteiger partial charge in [0.15, 0.2) is 0 Å². The Morgan fingerprint density at radius 2 is 0.818 bits per heavy atom. The third-order valence-electron chi connectivity index (χ3n) is 6.80. The van der Waals surface area contributed by atoms with Crippen LogP contribution in [0.3, 0.4) is 0 Å². The monoisotopic (exact) mass is 452 g/mol. The summed E-state index contributed by atoms with van der Waals surface area (Å²) < 4.78 is 0. The molecule has 0 unspecified atom stereocenters. The number of unbranched alkanes of at least 4 members (excludes halogenated alkanes) is 10. The molecule has 0 saturated carbocycles. The first-order valence-corrected chi connectivity index (χ1v) is 13.6. The normalized spacial score (nSPS) is 11.3. The topological polar surface area (TPSA) is 40.5 Å². The Bertz CT molecular complexity index is 768. The first-order chi connectivity index (χ1) is 16.0. The minimum atomic E-state index is 0.424. The van der Waals surface area contributed by atoms with Gasteiger partial charge in [0, 0.05) is 6.42 Å². The second-order valence-electron chi connectivity index (χ2n) is 10.1. The van der Waals surface area contributed by atoms with Crippen LogP contribution >= 0.6 is 0 Å². The minimum absolute atomic E-state index is 0.424. The van der Waals surface area contributed by atoms with Crippen LogP contribution in [0.4, 0.5) is 0 Å². The predicted molar refractivity (Wildman–Crippen MR) is 143 cm³/mol. The van der Waals surface area contributed by atoms with Crippen molar-refractivity contribution >= 4 is 0 Å². The molecule has 0 radical (unpaired) electrons. The van der Waals surface area contributed by atoms with Gasteiger partial charge in [-0.25, -0.2) is 0 Å². The highest BCUT2D eigenvalue weighted by molar-refractivity contribution is 5.50. The summed E-state index contributed by atoms with van der Waals surface area (Å²) in [7, 11) is 0. The van der Waals surface area contributed by atoms with Crippen molar-refractivity contribution in [3.8, 4) is 11.5 Å². The van der Waals surface area contributed by atoms with Crippen LogP contribution in [0.2, 0.25) is 0 Å². The molecule has 0 aliphatic heterocycles. The quantitative estimate of drug-likeness (QED) is 0.249. The van der Waals surface area contributed by atoms with Gasteiger partial charge in [0.05, 0.1) is 0 Å². The Balaban J connectivity index is 2.05. The zero-order valence-corrected chi connectivity index (χ0v) is 21.8. The van der Waals surface area contributed by atoms with E-state index < -0.39 is 0 Å². The Labute approximate surface area is 203 Å². The van der Waals surface area contributed by atoms with Gasteiger partial charge in [-0.3, -0.25) is 0 Å². The van der Waals surface area contributed by atoms with Crippen LogP contribution in [-0.2, 0) is 19.3 Å². The average Bonchev–Trinajstić information content (AvgIpc) is 2.78. The number of hydrogen-bond donors (Lipinski definition) is 2. The summed E-state index contributed by atoms with van der Waals surface area (Å²) in [5, 5.41) is 22.0. The van der Waals surface area contributed by atoms with Crippen LogP contribution in [-0.4, -0.2) is 10.2 Å². The van der Waals surface area contributed by atoms with Crippen LogP contribution < -0.4 is 0 Å². The Hall–Kier alpha value is -1.96. The second kappa shape index (κ2) is 15.0. The minimum Gasteiger partial charge on any atom is -0.507 e. The molecule has 184 valence electrons. The van der Waals surface area contributed by atoms with Crippen molar-refractivity contribution in [3.05, 3.63) is 57.6 Å². The van der Waals surface area contributed by atoms with Gasteiger partial charge in [-0.1, -0.05) is 113 Å². The maximum absolute atomic E-state index is 11.0. The Morgan fingerprint density at radius 3 is 1.21 bits per heavy atom. The van der Waals surface area contributed by atoms with E-state index in [9.17, 15) is 10.2 Å². The van der Waals surface area contributed by atoms with Gasteiger partial charge in [0.1, 0.15) is 11.5 Å². The molecule has 0 atom stereocenters. The highest BCUT2D eigenvalue weighted by Gasteiger charge is 2.14. The van der Waals surface area contributed by atoms with Crippen LogP contribution in [0.15, 0.2) is 24.3 Å². The Kier molecular flexibility index (Phi) is 12.4. The lowest BCUT2D eigenvalue weighted by molar-refractivity contribution is 0.453. The van der Waals surface area contributed by atoms with Crippen LogP contribution in [0.1, 0.15) is 124 Å². The van der Waals surface area contributed by atoms with E-state index in [0.29, 0.717) is 17.9 Å². The van der Waals surface area contributed by atoms with E-state index >= 15 is 0 Å². The van der Waals surface area contributed by atoms with Crippen molar-refractivity contribution < 1.29 is 10.2 Å². The van der Waals surface area contributed by atoms with E-state index in [1.807, 2.05) is 0 Å². The summed E-state index contributed by atoms with van der Waals surface area (Å²) in [6, 6.07) is 8.42. The average molecular weight is 453 g/mol. The lowest BCUT2D eigenvalue weighted by Gasteiger charge is -2.15. The molecule has 0 saturated heterocycles. The Morgan fingerprint density at radius 1 is 0.485 bits per heavy atom. The first kappa shape index (κ1) is 27.3. The highest BCUT2D eigenvalue weighted by Crippen LogP contribution is 2.33. The number of phenolic OH excluding ortho intramolecular Hbond substituents is 2. The van der Waals surface area contributed by atoms with Crippen LogP contribution in [0.25, 0.3) is 0 Å². The summed E-state index contributed by atoms with van der Waals surface area (Å²) in [5.41, 5.74) is 6.34. The molecule has 0 amide bonds. The maximum atomic E-state index is 11.0. The standard InChI is InChI=1S/C31H48O2/c1-5-7-9-11-13-15-17-26-19-24(3)21-28(30(26)32)23-29-22-25(4)20-27(31(29)33)18-16-14-12-10-8-6-2/h19-22,32-33H,5-18,23H2,1-4H3. The lowest BCUT2D eigenvalue weighted by Crippen LogP contribution is -1.99. The van der Waals surface area contributed by atoms with E-state index in [2.05, 4.69) is 52.0 Å². The molecule has 2 N–H and O–H groups in total. The number of benzene rings is 2. The van der Waals surface area contributed by atoms with E-state index in [1.54, 1.807) is 0 Å². The number of aromatic hydroxyl groups is 2. The fourth-order valence-electron chi connectivity index (χ4n) is 4.92. The molecule has 2 rings (SSSR count). The molecule has 0 heterocycles. The summed E-state index contributed by atoms with van der Waals surface area (Å²) >= 11 is 0. The molecular formula is C31H48O2. The van der Waals surface area contributed by atoms with E-state index in [4.69, 9.17) is 0 Å². The molecule has 0 aromatic heterocycles. The summed E-state index contributed by atoms with van der Waals surface area (Å²) in [6.07, 6.45) is 17.5. The fourth-order valence-corrected chi connectivity index (χ4v) is 4.92. The van der Waals surface area contributed by atoms with Crippen LogP contribution in [0, 0.1) is 13.8 Å². The molecule has 2 aromatic rings. The van der Waals surface area contributed by atoms with Gasteiger partial charge in [-0.05, 0) is 61.8 Å². The molecule has 33 heavy (non-hydrogen) atoms. The smallest absolute Gasteiger partial charge is 0.122 e. The van der Waals surface area contributed by atoms with E-state index in [-0.39, 0.29) is 0 Å². The van der Waals surface area contributed by atoms with Crippen molar-refractivity contribution in [3.63, 3.8) is 0 Å². The van der Waals surface area contributed by atoms with Crippen molar-refractivity contribution in [2.75, 3.05) is 0 Å². The first-order valence-electron chi connectivity index (χ1n) is 13.6. The molecule has 0 spiro atoms. The van der Waals surface area contributed by atoms with Gasteiger partial charge in [-0.2, -0.15) is 0 Å². The third-order valence-corrected chi connectivity index (χ3v) is 6.80. The second-order valence-corrected chi connectivity index (χ2v) is 10.1. The van der Waals surface area contributed by atoms with Crippen molar-refractivity contribution in [2.24, 2.45) is 0 Å². The largest absolute Gasteiger partial charge is 0.507 e. The number of hydrogen-bond acceptors (Lipinski definition) is 2. The lowest BCUT2D eigenvalue weighted by atomic mass is 9.93. The molecule has 0 bridgehead atoms. The number of phenols is 2.